The van der Waals surface area contributed by atoms with Gasteiger partial charge in [0.1, 0.15) is 13.2 Å². The molecule has 0 aromatic rings. The maximum Gasteiger partial charge on any atom is 0.161 e. The molecular formula is C47H82O5. The van der Waals surface area contributed by atoms with E-state index in [2.05, 4.69) is 48.5 Å². The highest BCUT2D eigenvalue weighted by Gasteiger charge is 2.63. The van der Waals surface area contributed by atoms with Crippen LogP contribution in [0.2, 0.25) is 0 Å². The van der Waals surface area contributed by atoms with Crippen LogP contribution in [0, 0.1) is 98.6 Å². The molecule has 0 aromatic heterocycles. The number of aliphatic hydroxyl groups is 3. The van der Waals surface area contributed by atoms with Crippen LogP contribution in [0.4, 0.5) is 0 Å². The zero-order valence-electron chi connectivity index (χ0n) is 33.0. The quantitative estimate of drug-likeness (QED) is 0.268. The van der Waals surface area contributed by atoms with Gasteiger partial charge in [0.05, 0.1) is 6.10 Å². The van der Waals surface area contributed by atoms with Gasteiger partial charge in [0.15, 0.2) is 11.6 Å². The Hall–Kier alpha value is -0.780. The second-order valence-electron chi connectivity index (χ2n) is 21.3. The summed E-state index contributed by atoms with van der Waals surface area (Å²) in [4.78, 5) is 24.7. The minimum atomic E-state index is -0.281. The molecule has 18 atom stereocenters. The number of fused-ring (bicyclic) bond motifs is 10. The van der Waals surface area contributed by atoms with Crippen molar-refractivity contribution >= 4 is 11.6 Å². The van der Waals surface area contributed by atoms with Gasteiger partial charge in [-0.15, -0.1) is 0 Å². The summed E-state index contributed by atoms with van der Waals surface area (Å²) in [5.74, 6) is 8.79. The molecule has 0 heterocycles. The molecular weight excluding hydrogens is 645 g/mol. The third-order valence-corrected chi connectivity index (χ3v) is 19.6. The first-order valence-corrected chi connectivity index (χ1v) is 21.6. The van der Waals surface area contributed by atoms with Crippen LogP contribution < -0.4 is 0 Å². The summed E-state index contributed by atoms with van der Waals surface area (Å²) >= 11 is 0. The van der Waals surface area contributed by atoms with E-state index in [1.807, 2.05) is 0 Å². The van der Waals surface area contributed by atoms with E-state index in [4.69, 9.17) is 0 Å². The van der Waals surface area contributed by atoms with Crippen LogP contribution >= 0.6 is 0 Å². The van der Waals surface area contributed by atoms with Gasteiger partial charge in [-0.05, 0) is 189 Å². The third-order valence-electron chi connectivity index (χ3n) is 19.6. The third kappa shape index (κ3) is 6.45. The molecule has 52 heavy (non-hydrogen) atoms. The number of hydrogen-bond donors (Lipinski definition) is 3. The van der Waals surface area contributed by atoms with Crippen molar-refractivity contribution in [1.82, 2.24) is 0 Å². The molecule has 5 nitrogen and oxygen atoms in total. The molecule has 0 radical (unpaired) electrons. The molecule has 3 N–H and O–H groups in total. The Morgan fingerprint density at radius 2 is 0.923 bits per heavy atom. The van der Waals surface area contributed by atoms with Crippen LogP contribution in [0.5, 0.6) is 0 Å². The van der Waals surface area contributed by atoms with Crippen LogP contribution in [0.1, 0.15) is 166 Å². The van der Waals surface area contributed by atoms with Gasteiger partial charge >= 0.3 is 0 Å². The van der Waals surface area contributed by atoms with Gasteiger partial charge in [-0.2, -0.15) is 0 Å². The fourth-order valence-electron chi connectivity index (χ4n) is 16.7. The van der Waals surface area contributed by atoms with Gasteiger partial charge < -0.3 is 15.3 Å². The highest BCUT2D eigenvalue weighted by atomic mass is 16.3. The van der Waals surface area contributed by atoms with E-state index in [0.29, 0.717) is 28.6 Å². The first kappa shape index (κ1) is 42.4. The predicted molar refractivity (Wildman–Crippen MR) is 212 cm³/mol. The van der Waals surface area contributed by atoms with Gasteiger partial charge in [0.2, 0.25) is 0 Å². The molecule has 8 fully saturated rings. The molecule has 8 saturated carbocycles. The highest BCUT2D eigenvalue weighted by Crippen LogP contribution is 2.69. The smallest absolute Gasteiger partial charge is 0.161 e. The maximum atomic E-state index is 12.4. The largest absolute Gasteiger partial charge is 0.393 e. The second kappa shape index (κ2) is 15.3. The van der Waals surface area contributed by atoms with E-state index < -0.39 is 0 Å². The molecule has 8 aliphatic carbocycles. The minimum Gasteiger partial charge on any atom is -0.393 e. The Labute approximate surface area is 319 Å². The first-order valence-electron chi connectivity index (χ1n) is 21.6. The van der Waals surface area contributed by atoms with Gasteiger partial charge in [-0.3, -0.25) is 9.59 Å². The summed E-state index contributed by atoms with van der Waals surface area (Å²) < 4.78 is 0. The molecule has 0 saturated heterocycles. The summed E-state index contributed by atoms with van der Waals surface area (Å²) in [6, 6.07) is 0. The molecule has 0 spiro atoms. The average molecular weight is 727 g/mol. The average Bonchev–Trinajstić information content (AvgIpc) is 3.62. The van der Waals surface area contributed by atoms with Crippen molar-refractivity contribution in [2.24, 2.45) is 98.6 Å². The Morgan fingerprint density at radius 1 is 0.519 bits per heavy atom. The van der Waals surface area contributed by atoms with E-state index in [1.54, 1.807) is 0 Å². The summed E-state index contributed by atoms with van der Waals surface area (Å²) in [7, 11) is 0. The molecule has 8 rings (SSSR count). The number of aliphatic hydroxyl groups excluding tert-OH is 3. The summed E-state index contributed by atoms with van der Waals surface area (Å²) in [5.41, 5.74) is 1.19. The first-order chi connectivity index (χ1) is 23.6. The van der Waals surface area contributed by atoms with Crippen LogP contribution in [-0.2, 0) is 9.59 Å². The van der Waals surface area contributed by atoms with Gasteiger partial charge in [-0.25, -0.2) is 0 Å². The van der Waals surface area contributed by atoms with Crippen LogP contribution in [0.3, 0.4) is 0 Å². The van der Waals surface area contributed by atoms with Crippen LogP contribution in [0.25, 0.3) is 0 Å². The number of ketones is 2. The van der Waals surface area contributed by atoms with E-state index >= 15 is 0 Å². The zero-order chi connectivity index (χ0) is 36.0. The lowest BCUT2D eigenvalue weighted by atomic mass is 9.43. The molecule has 5 heteroatoms. The van der Waals surface area contributed by atoms with Crippen molar-refractivity contribution in [2.75, 3.05) is 13.2 Å². The molecule has 0 bridgehead atoms. The number of carbonyl (C=O) groups is 2. The van der Waals surface area contributed by atoms with E-state index in [1.165, 1.54) is 77.0 Å². The molecule has 300 valence electrons. The number of rotatable bonds is 4. The maximum absolute atomic E-state index is 12.4. The molecule has 0 amide bonds. The highest BCUT2D eigenvalue weighted by molar-refractivity contribution is 5.83. The summed E-state index contributed by atoms with van der Waals surface area (Å²) in [6.07, 6.45) is 19.6. The Morgan fingerprint density at radius 3 is 1.37 bits per heavy atom. The summed E-state index contributed by atoms with van der Waals surface area (Å²) in [5, 5.41) is 29.2. The minimum absolute atomic E-state index is 0. The molecule has 0 unspecified atom stereocenters. The Bertz CT molecular complexity index is 1180. The molecule has 0 aliphatic heterocycles. The monoisotopic (exact) mass is 727 g/mol. The van der Waals surface area contributed by atoms with E-state index in [9.17, 15) is 24.9 Å². The Kier molecular flexibility index (Phi) is 12.5. The zero-order valence-corrected chi connectivity index (χ0v) is 33.0. The van der Waals surface area contributed by atoms with Gasteiger partial charge in [0.25, 0.3) is 0 Å². The SMILES string of the molecule is C.C.C[C@H]1C[C@@H]2CC[C@@H]3[C@H](CC[C@]4(C)[C@@H](C(=O)CO)CC[C@@H]34)[C@@]2(C)C[C@@H]1C.C[C@H]1C[C@@]2(C)[C@@H](CC[C@@H]3[C@@H]2CC[C@]2(C)[C@@H](C(=O)CO)CC[C@@H]32)C[C@@H]1O. The molecule has 0 aromatic carbocycles. The van der Waals surface area contributed by atoms with Crippen molar-refractivity contribution in [1.29, 1.82) is 0 Å². The van der Waals surface area contributed by atoms with Gasteiger partial charge in [-0.1, -0.05) is 63.3 Å². The summed E-state index contributed by atoms with van der Waals surface area (Å²) in [6.45, 7) is 16.5. The number of hydrogen-bond acceptors (Lipinski definition) is 5. The van der Waals surface area contributed by atoms with Crippen molar-refractivity contribution in [2.45, 2.75) is 172 Å². The topological polar surface area (TPSA) is 94.8 Å². The van der Waals surface area contributed by atoms with E-state index in [-0.39, 0.29) is 68.4 Å². The second-order valence-corrected chi connectivity index (χ2v) is 21.3. The fraction of sp³-hybridized carbons (Fsp3) is 0.957. The lowest BCUT2D eigenvalue weighted by Crippen LogP contribution is -2.55. The lowest BCUT2D eigenvalue weighted by Gasteiger charge is -2.62. The Balaban J connectivity index is 0.000000194. The normalized spacial score (nSPS) is 53.0. The number of carbonyl (C=O) groups excluding carboxylic acids is 2. The predicted octanol–water partition coefficient (Wildman–Crippen LogP) is 10.2. The van der Waals surface area contributed by atoms with Crippen LogP contribution in [0.15, 0.2) is 0 Å². The fourth-order valence-corrected chi connectivity index (χ4v) is 16.7. The van der Waals surface area contributed by atoms with Crippen molar-refractivity contribution in [3.63, 3.8) is 0 Å². The number of Topliss-reactive ketones (excluding diaryl/α,β-unsaturated/α-hetero) is 2. The van der Waals surface area contributed by atoms with E-state index in [0.717, 1.165) is 73.0 Å². The lowest BCUT2D eigenvalue weighted by molar-refractivity contribution is -0.147. The van der Waals surface area contributed by atoms with Crippen molar-refractivity contribution in [3.8, 4) is 0 Å². The van der Waals surface area contributed by atoms with Gasteiger partial charge in [0, 0.05) is 11.8 Å². The van der Waals surface area contributed by atoms with Crippen molar-refractivity contribution < 1.29 is 24.9 Å². The standard InChI is InChI=1S/C23H38O2.C22H36O3.2CH4/c1-14-11-16-5-6-17-18-7-8-20(21(25)13-24)22(18,3)10-9-19(17)23(16,4)12-15(14)2;1-13-11-22(3)14(10-19(13)24)4-5-15-16-6-7-18(20(25)12-23)21(16,2)9-8-17(15)22;;/h14-20,24H,5-13H2,1-4H3;13-19,23-24H,4-12H2,1-3H3;2*1H4/t14-,15-,16-,17-,18-,19-,20+,22-,23-;13-,14-,15-,16-,17-,18+,19-,21-,22-;;/m00../s1. The van der Waals surface area contributed by atoms with Crippen molar-refractivity contribution in [3.05, 3.63) is 0 Å². The molecule has 8 aliphatic rings. The van der Waals surface area contributed by atoms with Crippen LogP contribution in [-0.4, -0.2) is 46.2 Å².